The lowest BCUT2D eigenvalue weighted by Crippen LogP contribution is -2.31. The molecule has 2 unspecified atom stereocenters. The Labute approximate surface area is 121 Å². The van der Waals surface area contributed by atoms with Crippen molar-refractivity contribution in [2.75, 3.05) is 11.9 Å². The average Bonchev–Trinajstić information content (AvgIpc) is 3.03. The number of aryl methyl sites for hydroxylation is 1. The van der Waals surface area contributed by atoms with Gasteiger partial charge in [0.2, 0.25) is 0 Å². The minimum absolute atomic E-state index is 0.113. The lowest BCUT2D eigenvalue weighted by Gasteiger charge is -2.17. The molecule has 1 aliphatic rings. The normalized spacial score (nSPS) is 23.2. The Kier molecular flexibility index (Phi) is 5.25. The number of rotatable bonds is 5. The molecule has 0 spiro atoms. The Hall–Kier alpha value is -0.350. The van der Waals surface area contributed by atoms with Gasteiger partial charge in [0.1, 0.15) is 0 Å². The average molecular weight is 330 g/mol. The van der Waals surface area contributed by atoms with Crippen molar-refractivity contribution in [3.63, 3.8) is 0 Å². The van der Waals surface area contributed by atoms with Gasteiger partial charge in [-0.15, -0.1) is 11.3 Å². The van der Waals surface area contributed by atoms with Crippen molar-refractivity contribution in [1.82, 2.24) is 5.32 Å². The van der Waals surface area contributed by atoms with E-state index in [-0.39, 0.29) is 5.91 Å². The zero-order valence-electron chi connectivity index (χ0n) is 10.7. The summed E-state index contributed by atoms with van der Waals surface area (Å²) < 4.78 is 0. The minimum atomic E-state index is 0.113. The van der Waals surface area contributed by atoms with E-state index in [2.05, 4.69) is 34.2 Å². The Morgan fingerprint density at radius 2 is 2.28 bits per heavy atom. The van der Waals surface area contributed by atoms with E-state index >= 15 is 0 Å². The molecule has 0 radical (unpaired) electrons. The summed E-state index contributed by atoms with van der Waals surface area (Å²) in [4.78, 5) is 13.0. The van der Waals surface area contributed by atoms with Crippen LogP contribution in [0.4, 0.5) is 0 Å². The van der Waals surface area contributed by atoms with Crippen molar-refractivity contribution < 1.29 is 4.79 Å². The molecule has 1 N–H and O–H groups in total. The topological polar surface area (TPSA) is 29.1 Å². The van der Waals surface area contributed by atoms with Gasteiger partial charge in [-0.3, -0.25) is 4.79 Å². The summed E-state index contributed by atoms with van der Waals surface area (Å²) in [6, 6.07) is 2.05. The number of carbonyl (C=O) groups excluding carboxylic acids is 1. The first-order valence-corrected chi connectivity index (χ1v) is 8.66. The predicted molar refractivity (Wildman–Crippen MR) is 80.7 cm³/mol. The molecule has 1 aromatic rings. The summed E-state index contributed by atoms with van der Waals surface area (Å²) >= 11 is 5.12. The lowest BCUT2D eigenvalue weighted by atomic mass is 9.98. The highest BCUT2D eigenvalue weighted by Crippen LogP contribution is 2.32. The Bertz CT molecular complexity index is 404. The number of carbonyl (C=O) groups is 1. The van der Waals surface area contributed by atoms with Gasteiger partial charge >= 0.3 is 0 Å². The molecule has 0 aliphatic heterocycles. The van der Waals surface area contributed by atoms with Crippen molar-refractivity contribution in [2.45, 2.75) is 32.6 Å². The Morgan fingerprint density at radius 3 is 3.00 bits per heavy atom. The summed E-state index contributed by atoms with van der Waals surface area (Å²) in [6.07, 6.45) is 4.78. The molecule has 1 saturated carbocycles. The van der Waals surface area contributed by atoms with Crippen LogP contribution in [0, 0.1) is 11.8 Å². The maximum absolute atomic E-state index is 12.1. The number of thiophene rings is 1. The van der Waals surface area contributed by atoms with Crippen LogP contribution < -0.4 is 5.32 Å². The summed E-state index contributed by atoms with van der Waals surface area (Å²) in [5, 5.41) is 6.18. The van der Waals surface area contributed by atoms with E-state index in [1.807, 2.05) is 5.38 Å². The molecular weight excluding hydrogens is 310 g/mol. The smallest absolute Gasteiger partial charge is 0.261 e. The van der Waals surface area contributed by atoms with Crippen LogP contribution in [0.15, 0.2) is 11.4 Å². The number of hydrogen-bond donors (Lipinski definition) is 1. The van der Waals surface area contributed by atoms with E-state index < -0.39 is 0 Å². The lowest BCUT2D eigenvalue weighted by molar-refractivity contribution is 0.0948. The summed E-state index contributed by atoms with van der Waals surface area (Å²) in [7, 11) is 0. The minimum Gasteiger partial charge on any atom is -0.351 e. The van der Waals surface area contributed by atoms with Crippen LogP contribution in [0.3, 0.4) is 0 Å². The Morgan fingerprint density at radius 1 is 1.50 bits per heavy atom. The van der Waals surface area contributed by atoms with Crippen LogP contribution >= 0.6 is 27.3 Å². The molecule has 0 bridgehead atoms. The van der Waals surface area contributed by atoms with Gasteiger partial charge in [-0.2, -0.15) is 0 Å². The third-order valence-electron chi connectivity index (χ3n) is 3.87. The third-order valence-corrected chi connectivity index (χ3v) is 5.66. The van der Waals surface area contributed by atoms with Crippen LogP contribution in [-0.4, -0.2) is 17.8 Å². The molecule has 0 saturated heterocycles. The standard InChI is InChI=1S/C14H20BrNOS/c1-2-10-6-7-18-13(10)14(17)16-9-12-5-3-4-11(12)8-15/h6-7,11-12H,2-5,8-9H2,1H3,(H,16,17). The van der Waals surface area contributed by atoms with Gasteiger partial charge in [-0.05, 0) is 48.1 Å². The molecular formula is C14H20BrNOS. The van der Waals surface area contributed by atoms with Gasteiger partial charge in [0.15, 0.2) is 0 Å². The monoisotopic (exact) mass is 329 g/mol. The highest BCUT2D eigenvalue weighted by atomic mass is 79.9. The molecule has 1 amide bonds. The fourth-order valence-electron chi connectivity index (χ4n) is 2.70. The van der Waals surface area contributed by atoms with Crippen molar-refractivity contribution >= 4 is 33.2 Å². The van der Waals surface area contributed by atoms with E-state index in [9.17, 15) is 4.79 Å². The van der Waals surface area contributed by atoms with E-state index in [0.29, 0.717) is 5.92 Å². The second kappa shape index (κ2) is 6.71. The van der Waals surface area contributed by atoms with Gasteiger partial charge < -0.3 is 5.32 Å². The van der Waals surface area contributed by atoms with Gasteiger partial charge in [-0.1, -0.05) is 29.3 Å². The SMILES string of the molecule is CCc1ccsc1C(=O)NCC1CCCC1CBr. The van der Waals surface area contributed by atoms with Crippen LogP contribution in [0.2, 0.25) is 0 Å². The molecule has 1 heterocycles. The van der Waals surface area contributed by atoms with E-state index in [0.717, 1.165) is 29.1 Å². The van der Waals surface area contributed by atoms with Crippen LogP contribution in [0.25, 0.3) is 0 Å². The molecule has 2 rings (SSSR count). The predicted octanol–water partition coefficient (Wildman–Crippen LogP) is 3.85. The first kappa shape index (κ1) is 14.1. The summed E-state index contributed by atoms with van der Waals surface area (Å²) in [5.74, 6) is 1.50. The highest BCUT2D eigenvalue weighted by Gasteiger charge is 2.26. The molecule has 2 atom stereocenters. The molecule has 0 aromatic carbocycles. The first-order valence-electron chi connectivity index (χ1n) is 6.66. The Balaban J connectivity index is 1.88. The largest absolute Gasteiger partial charge is 0.351 e. The van der Waals surface area contributed by atoms with Gasteiger partial charge in [0.25, 0.3) is 5.91 Å². The van der Waals surface area contributed by atoms with Crippen molar-refractivity contribution in [2.24, 2.45) is 11.8 Å². The molecule has 1 fully saturated rings. The maximum Gasteiger partial charge on any atom is 0.261 e. The molecule has 4 heteroatoms. The number of hydrogen-bond acceptors (Lipinski definition) is 2. The van der Waals surface area contributed by atoms with Crippen molar-refractivity contribution in [3.8, 4) is 0 Å². The van der Waals surface area contributed by atoms with E-state index in [1.54, 1.807) is 11.3 Å². The van der Waals surface area contributed by atoms with Crippen molar-refractivity contribution in [3.05, 3.63) is 21.9 Å². The summed E-state index contributed by atoms with van der Waals surface area (Å²) in [6.45, 7) is 2.92. The van der Waals surface area contributed by atoms with Gasteiger partial charge in [0.05, 0.1) is 4.88 Å². The molecule has 100 valence electrons. The summed E-state index contributed by atoms with van der Waals surface area (Å²) in [5.41, 5.74) is 1.17. The molecule has 2 nitrogen and oxygen atoms in total. The zero-order valence-corrected chi connectivity index (χ0v) is 13.1. The number of alkyl halides is 1. The first-order chi connectivity index (χ1) is 8.76. The zero-order chi connectivity index (χ0) is 13.0. The van der Waals surface area contributed by atoms with E-state index in [4.69, 9.17) is 0 Å². The fourth-order valence-corrected chi connectivity index (χ4v) is 4.47. The third kappa shape index (κ3) is 3.15. The van der Waals surface area contributed by atoms with Crippen LogP contribution in [-0.2, 0) is 6.42 Å². The number of halogens is 1. The van der Waals surface area contributed by atoms with E-state index in [1.165, 1.54) is 24.8 Å². The van der Waals surface area contributed by atoms with Crippen LogP contribution in [0.1, 0.15) is 41.4 Å². The fraction of sp³-hybridized carbons (Fsp3) is 0.643. The second-order valence-electron chi connectivity index (χ2n) is 4.94. The molecule has 18 heavy (non-hydrogen) atoms. The van der Waals surface area contributed by atoms with Crippen LogP contribution in [0.5, 0.6) is 0 Å². The molecule has 1 aromatic heterocycles. The van der Waals surface area contributed by atoms with Gasteiger partial charge in [-0.25, -0.2) is 0 Å². The maximum atomic E-state index is 12.1. The quantitative estimate of drug-likeness (QED) is 0.817. The molecule has 1 aliphatic carbocycles. The second-order valence-corrected chi connectivity index (χ2v) is 6.51. The van der Waals surface area contributed by atoms with Gasteiger partial charge in [0, 0.05) is 11.9 Å². The number of nitrogens with one attached hydrogen (secondary N) is 1. The van der Waals surface area contributed by atoms with Crippen molar-refractivity contribution in [1.29, 1.82) is 0 Å². The highest BCUT2D eigenvalue weighted by molar-refractivity contribution is 9.09. The number of amides is 1.